The van der Waals surface area contributed by atoms with E-state index >= 15 is 0 Å². The lowest BCUT2D eigenvalue weighted by Gasteiger charge is -2.24. The second-order valence-electron chi connectivity index (χ2n) is 5.63. The fourth-order valence-electron chi connectivity index (χ4n) is 2.40. The zero-order chi connectivity index (χ0) is 17.5. The van der Waals surface area contributed by atoms with Crippen LogP contribution in [0.25, 0.3) is 0 Å². The van der Waals surface area contributed by atoms with E-state index in [1.807, 2.05) is 0 Å². The molecule has 2 unspecified atom stereocenters. The molecule has 1 amide bonds. The molecule has 0 bridgehead atoms. The predicted molar refractivity (Wildman–Crippen MR) is 90.4 cm³/mol. The molecule has 2 rings (SSSR count). The molecule has 1 fully saturated rings. The van der Waals surface area contributed by atoms with Crippen molar-refractivity contribution in [3.05, 3.63) is 28.8 Å². The maximum Gasteiger partial charge on any atom is 0.340 e. The Morgan fingerprint density at radius 3 is 2.88 bits per heavy atom. The lowest BCUT2D eigenvalue weighted by atomic mass is 10.1. The van der Waals surface area contributed by atoms with Crippen molar-refractivity contribution < 1.29 is 23.8 Å². The number of hydrogen-bond donors (Lipinski definition) is 1. The van der Waals surface area contributed by atoms with Gasteiger partial charge in [-0.05, 0) is 44.4 Å². The van der Waals surface area contributed by atoms with Crippen molar-refractivity contribution in [1.29, 1.82) is 0 Å². The molecule has 0 aliphatic carbocycles. The fourth-order valence-corrected chi connectivity index (χ4v) is 2.58. The Kier molecular flexibility index (Phi) is 7.02. The van der Waals surface area contributed by atoms with Gasteiger partial charge >= 0.3 is 5.97 Å². The van der Waals surface area contributed by atoms with Crippen LogP contribution in [-0.4, -0.2) is 44.4 Å². The molecule has 1 heterocycles. The maximum absolute atomic E-state index is 12.3. The normalized spacial score (nSPS) is 18.7. The van der Waals surface area contributed by atoms with E-state index in [0.717, 1.165) is 25.9 Å². The van der Waals surface area contributed by atoms with Crippen molar-refractivity contribution in [2.45, 2.75) is 38.4 Å². The first-order valence-corrected chi connectivity index (χ1v) is 8.31. The highest BCUT2D eigenvalue weighted by molar-refractivity contribution is 6.31. The molecule has 0 radical (unpaired) electrons. The first kappa shape index (κ1) is 18.7. The van der Waals surface area contributed by atoms with Crippen molar-refractivity contribution in [1.82, 2.24) is 0 Å². The number of anilines is 1. The minimum atomic E-state index is -0.670. The third-order valence-electron chi connectivity index (χ3n) is 3.82. The highest BCUT2D eigenvalue weighted by Gasteiger charge is 2.21. The Balaban J connectivity index is 1.94. The van der Waals surface area contributed by atoms with Gasteiger partial charge in [-0.1, -0.05) is 11.6 Å². The van der Waals surface area contributed by atoms with E-state index < -0.39 is 12.1 Å². The summed E-state index contributed by atoms with van der Waals surface area (Å²) in [4.78, 5) is 24.1. The molecule has 2 atom stereocenters. The largest absolute Gasteiger partial charge is 0.465 e. The number of amides is 1. The molecule has 6 nitrogen and oxygen atoms in total. The number of benzene rings is 1. The lowest BCUT2D eigenvalue weighted by molar-refractivity contribution is -0.130. The van der Waals surface area contributed by atoms with Gasteiger partial charge in [0.2, 0.25) is 0 Å². The van der Waals surface area contributed by atoms with Crippen LogP contribution in [0.5, 0.6) is 0 Å². The number of methoxy groups -OCH3 is 1. The summed E-state index contributed by atoms with van der Waals surface area (Å²) in [5, 5.41) is 3.06. The summed E-state index contributed by atoms with van der Waals surface area (Å²) in [7, 11) is 1.27. The van der Waals surface area contributed by atoms with Gasteiger partial charge in [0, 0.05) is 11.6 Å². The van der Waals surface area contributed by atoms with Crippen LogP contribution in [0.1, 0.15) is 36.5 Å². The van der Waals surface area contributed by atoms with Gasteiger partial charge < -0.3 is 19.5 Å². The molecule has 1 aromatic rings. The van der Waals surface area contributed by atoms with Crippen LogP contribution < -0.4 is 5.32 Å². The van der Waals surface area contributed by atoms with Crippen molar-refractivity contribution in [2.24, 2.45) is 0 Å². The SMILES string of the molecule is COC(=O)c1cc(Cl)ccc1NC(=O)C(C)OCC1CCCCO1. The zero-order valence-corrected chi connectivity index (χ0v) is 14.6. The second kappa shape index (κ2) is 9.01. The van der Waals surface area contributed by atoms with E-state index in [1.165, 1.54) is 13.2 Å². The first-order valence-electron chi connectivity index (χ1n) is 7.93. The van der Waals surface area contributed by atoms with E-state index in [1.54, 1.807) is 19.1 Å². The predicted octanol–water partition coefficient (Wildman–Crippen LogP) is 3.04. The Labute approximate surface area is 146 Å². The molecule has 1 N–H and O–H groups in total. The minimum absolute atomic E-state index is 0.0372. The number of nitrogens with one attached hydrogen (secondary N) is 1. The molecule has 0 spiro atoms. The Morgan fingerprint density at radius 2 is 2.21 bits per heavy atom. The summed E-state index contributed by atoms with van der Waals surface area (Å²) in [6.07, 6.45) is 2.49. The number of esters is 1. The summed E-state index contributed by atoms with van der Waals surface area (Å²) in [5.41, 5.74) is 0.529. The van der Waals surface area contributed by atoms with Gasteiger partial charge in [-0.25, -0.2) is 4.79 Å². The van der Waals surface area contributed by atoms with Crippen molar-refractivity contribution in [2.75, 3.05) is 25.6 Å². The summed E-state index contributed by atoms with van der Waals surface area (Å²) in [6, 6.07) is 4.60. The molecule has 1 aliphatic heterocycles. The van der Waals surface area contributed by atoms with Crippen LogP contribution in [0.3, 0.4) is 0 Å². The van der Waals surface area contributed by atoms with Gasteiger partial charge in [0.25, 0.3) is 5.91 Å². The Hall–Kier alpha value is -1.63. The summed E-state index contributed by atoms with van der Waals surface area (Å²) >= 11 is 5.89. The molecule has 1 aromatic carbocycles. The van der Waals surface area contributed by atoms with Gasteiger partial charge in [0.1, 0.15) is 6.10 Å². The van der Waals surface area contributed by atoms with E-state index in [2.05, 4.69) is 5.32 Å². The quantitative estimate of drug-likeness (QED) is 0.794. The molecule has 0 aromatic heterocycles. The highest BCUT2D eigenvalue weighted by Crippen LogP contribution is 2.22. The minimum Gasteiger partial charge on any atom is -0.465 e. The average molecular weight is 356 g/mol. The van der Waals surface area contributed by atoms with Crippen LogP contribution in [0.15, 0.2) is 18.2 Å². The third kappa shape index (κ3) is 5.19. The number of ether oxygens (including phenoxy) is 3. The maximum atomic E-state index is 12.3. The molecule has 24 heavy (non-hydrogen) atoms. The molecule has 132 valence electrons. The number of carbonyl (C=O) groups is 2. The second-order valence-corrected chi connectivity index (χ2v) is 6.07. The van der Waals surface area contributed by atoms with E-state index in [-0.39, 0.29) is 17.6 Å². The van der Waals surface area contributed by atoms with E-state index in [0.29, 0.717) is 17.3 Å². The summed E-state index contributed by atoms with van der Waals surface area (Å²) in [6.45, 7) is 2.77. The van der Waals surface area contributed by atoms with Crippen molar-refractivity contribution >= 4 is 29.2 Å². The van der Waals surface area contributed by atoms with Crippen molar-refractivity contribution in [3.8, 4) is 0 Å². The molecule has 7 heteroatoms. The summed E-state index contributed by atoms with van der Waals surface area (Å²) < 4.78 is 15.9. The summed E-state index contributed by atoms with van der Waals surface area (Å²) in [5.74, 6) is -0.921. The van der Waals surface area contributed by atoms with Crippen LogP contribution in [0.2, 0.25) is 5.02 Å². The Bertz CT molecular complexity index is 586. The Morgan fingerprint density at radius 1 is 1.42 bits per heavy atom. The molecular weight excluding hydrogens is 334 g/mol. The standard InChI is InChI=1S/C17H22ClNO5/c1-11(24-10-13-5-3-4-8-23-13)16(20)19-15-7-6-12(18)9-14(15)17(21)22-2/h6-7,9,11,13H,3-5,8,10H2,1-2H3,(H,19,20). The molecule has 0 saturated carbocycles. The van der Waals surface area contributed by atoms with Gasteiger partial charge in [-0.15, -0.1) is 0 Å². The monoisotopic (exact) mass is 355 g/mol. The van der Waals surface area contributed by atoms with Gasteiger partial charge in [0.05, 0.1) is 31.1 Å². The smallest absolute Gasteiger partial charge is 0.340 e. The van der Waals surface area contributed by atoms with Gasteiger partial charge in [0.15, 0.2) is 0 Å². The molecule has 1 saturated heterocycles. The van der Waals surface area contributed by atoms with Crippen LogP contribution >= 0.6 is 11.6 Å². The fraction of sp³-hybridized carbons (Fsp3) is 0.529. The highest BCUT2D eigenvalue weighted by atomic mass is 35.5. The number of rotatable bonds is 6. The number of carbonyl (C=O) groups excluding carboxylic acids is 2. The van der Waals surface area contributed by atoms with Crippen LogP contribution in [0.4, 0.5) is 5.69 Å². The number of halogens is 1. The van der Waals surface area contributed by atoms with Crippen LogP contribution in [-0.2, 0) is 19.0 Å². The van der Waals surface area contributed by atoms with Gasteiger partial charge in [-0.2, -0.15) is 0 Å². The topological polar surface area (TPSA) is 73.9 Å². The zero-order valence-electron chi connectivity index (χ0n) is 13.8. The molecular formula is C17H22ClNO5. The third-order valence-corrected chi connectivity index (χ3v) is 4.06. The van der Waals surface area contributed by atoms with Crippen LogP contribution in [0, 0.1) is 0 Å². The molecule has 1 aliphatic rings. The van der Waals surface area contributed by atoms with Gasteiger partial charge in [-0.3, -0.25) is 4.79 Å². The van der Waals surface area contributed by atoms with Crippen molar-refractivity contribution in [3.63, 3.8) is 0 Å². The first-order chi connectivity index (χ1) is 11.5. The van der Waals surface area contributed by atoms with E-state index in [9.17, 15) is 9.59 Å². The number of hydrogen-bond acceptors (Lipinski definition) is 5. The van der Waals surface area contributed by atoms with E-state index in [4.69, 9.17) is 25.8 Å². The lowest BCUT2D eigenvalue weighted by Crippen LogP contribution is -2.33. The average Bonchev–Trinajstić information content (AvgIpc) is 2.61.